The minimum Gasteiger partial charge on any atom is -0.497 e. The summed E-state index contributed by atoms with van der Waals surface area (Å²) in [7, 11) is 1.68. The maximum absolute atomic E-state index is 11.7. The average Bonchev–Trinajstić information content (AvgIpc) is 2.77. The first-order chi connectivity index (χ1) is 14.5. The van der Waals surface area contributed by atoms with Gasteiger partial charge < -0.3 is 25.4 Å². The van der Waals surface area contributed by atoms with Gasteiger partial charge >= 0.3 is 0 Å². The van der Waals surface area contributed by atoms with Crippen molar-refractivity contribution in [1.82, 2.24) is 20.9 Å². The topological polar surface area (TPSA) is 87.2 Å². The maximum Gasteiger partial charge on any atom is 0.222 e. The van der Waals surface area contributed by atoms with Gasteiger partial charge in [-0.1, -0.05) is 26.0 Å². The van der Waals surface area contributed by atoms with Crippen molar-refractivity contribution in [3.63, 3.8) is 0 Å². The molecule has 1 aliphatic heterocycles. The van der Waals surface area contributed by atoms with Crippen LogP contribution in [0, 0.1) is 5.92 Å². The van der Waals surface area contributed by atoms with E-state index in [1.165, 1.54) is 5.56 Å². The molecule has 0 bridgehead atoms. The summed E-state index contributed by atoms with van der Waals surface area (Å²) >= 11 is 0. The van der Waals surface area contributed by atoms with Gasteiger partial charge in [0.15, 0.2) is 5.96 Å². The lowest BCUT2D eigenvalue weighted by Gasteiger charge is -2.34. The van der Waals surface area contributed by atoms with Crippen molar-refractivity contribution in [2.45, 2.75) is 26.8 Å². The molecule has 176 valence electrons. The van der Waals surface area contributed by atoms with Gasteiger partial charge in [0.1, 0.15) is 5.75 Å². The number of guanidine groups is 1. The van der Waals surface area contributed by atoms with Crippen LogP contribution in [0.25, 0.3) is 0 Å². The number of nitrogens with one attached hydrogen (secondary N) is 3. The van der Waals surface area contributed by atoms with Crippen LogP contribution in [-0.2, 0) is 9.53 Å². The van der Waals surface area contributed by atoms with E-state index in [1.807, 2.05) is 32.9 Å². The molecule has 1 atom stereocenters. The molecule has 1 aromatic carbocycles. The van der Waals surface area contributed by atoms with Gasteiger partial charge in [0.25, 0.3) is 0 Å². The van der Waals surface area contributed by atoms with E-state index in [4.69, 9.17) is 14.5 Å². The summed E-state index contributed by atoms with van der Waals surface area (Å²) in [5, 5.41) is 9.50. The Bertz CT molecular complexity index is 664. The average molecular weight is 547 g/mol. The van der Waals surface area contributed by atoms with Crippen molar-refractivity contribution >= 4 is 35.8 Å². The molecular weight excluding hydrogens is 509 g/mol. The van der Waals surface area contributed by atoms with Crippen molar-refractivity contribution in [2.75, 3.05) is 59.6 Å². The number of hydrogen-bond donors (Lipinski definition) is 3. The molecule has 1 fully saturated rings. The molecule has 9 heteroatoms. The van der Waals surface area contributed by atoms with E-state index in [2.05, 4.69) is 33.0 Å². The molecule has 0 spiro atoms. The van der Waals surface area contributed by atoms with E-state index < -0.39 is 0 Å². The molecular formula is C22H38IN5O3. The Morgan fingerprint density at radius 2 is 1.77 bits per heavy atom. The minimum atomic E-state index is -0.00863. The Kier molecular flexibility index (Phi) is 13.5. The predicted octanol–water partition coefficient (Wildman–Crippen LogP) is 2.01. The Hall–Kier alpha value is -1.59. The fraction of sp³-hybridized carbons (Fsp3) is 0.636. The van der Waals surface area contributed by atoms with Crippen LogP contribution >= 0.6 is 24.0 Å². The lowest BCUT2D eigenvalue weighted by atomic mass is 10.0. The number of ether oxygens (including phenoxy) is 2. The van der Waals surface area contributed by atoms with Crippen LogP contribution in [0.4, 0.5) is 0 Å². The number of amides is 1. The van der Waals surface area contributed by atoms with Crippen molar-refractivity contribution in [3.8, 4) is 5.75 Å². The Labute approximate surface area is 203 Å². The largest absolute Gasteiger partial charge is 0.497 e. The van der Waals surface area contributed by atoms with Crippen LogP contribution in [0.5, 0.6) is 5.75 Å². The molecule has 1 heterocycles. The molecule has 2 rings (SSSR count). The summed E-state index contributed by atoms with van der Waals surface area (Å²) in [6, 6.07) is 8.36. The Balaban J connectivity index is 0.00000480. The van der Waals surface area contributed by atoms with E-state index in [-0.39, 0.29) is 41.8 Å². The third kappa shape index (κ3) is 9.61. The highest BCUT2D eigenvalue weighted by molar-refractivity contribution is 14.0. The van der Waals surface area contributed by atoms with Crippen LogP contribution in [0.1, 0.15) is 32.4 Å². The highest BCUT2D eigenvalue weighted by atomic mass is 127. The third-order valence-electron chi connectivity index (χ3n) is 4.99. The molecule has 0 aromatic heterocycles. The molecule has 3 N–H and O–H groups in total. The first-order valence-electron chi connectivity index (χ1n) is 10.8. The Morgan fingerprint density at radius 3 is 2.35 bits per heavy atom. The van der Waals surface area contributed by atoms with Gasteiger partial charge in [-0.2, -0.15) is 0 Å². The normalized spacial score (nSPS) is 15.7. The molecule has 0 saturated carbocycles. The standard InChI is InChI=1S/C22H37N5O3.HI/c1-5-23-22(25-11-10-24-21(28)17(2)3)26-16-20(27-12-14-30-15-13-27)18-6-8-19(29-4)9-7-18;/h6-9,17,20H,5,10-16H2,1-4H3,(H,24,28)(H2,23,25,26);1H. The van der Waals surface area contributed by atoms with Crippen LogP contribution in [0.3, 0.4) is 0 Å². The van der Waals surface area contributed by atoms with Gasteiger partial charge in [0, 0.05) is 38.6 Å². The second-order valence-corrected chi connectivity index (χ2v) is 7.53. The van der Waals surface area contributed by atoms with Crippen LogP contribution in [-0.4, -0.2) is 76.4 Å². The molecule has 1 amide bonds. The molecule has 1 aliphatic rings. The number of carbonyl (C=O) groups is 1. The van der Waals surface area contributed by atoms with Crippen molar-refractivity contribution in [2.24, 2.45) is 10.9 Å². The molecule has 0 aliphatic carbocycles. The van der Waals surface area contributed by atoms with E-state index >= 15 is 0 Å². The summed E-state index contributed by atoms with van der Waals surface area (Å²) in [6.07, 6.45) is 0. The Morgan fingerprint density at radius 1 is 1.13 bits per heavy atom. The van der Waals surface area contributed by atoms with Crippen molar-refractivity contribution < 1.29 is 14.3 Å². The number of halogens is 1. The number of hydrogen-bond acceptors (Lipinski definition) is 5. The number of methoxy groups -OCH3 is 1. The number of carbonyl (C=O) groups excluding carboxylic acids is 1. The first-order valence-corrected chi connectivity index (χ1v) is 10.8. The second-order valence-electron chi connectivity index (χ2n) is 7.53. The van der Waals surface area contributed by atoms with E-state index in [1.54, 1.807) is 7.11 Å². The third-order valence-corrected chi connectivity index (χ3v) is 4.99. The van der Waals surface area contributed by atoms with Gasteiger partial charge in [-0.15, -0.1) is 24.0 Å². The first kappa shape index (κ1) is 27.4. The summed E-state index contributed by atoms with van der Waals surface area (Å²) in [6.45, 7) is 11.7. The zero-order chi connectivity index (χ0) is 21.8. The summed E-state index contributed by atoms with van der Waals surface area (Å²) in [4.78, 5) is 18.9. The summed E-state index contributed by atoms with van der Waals surface area (Å²) < 4.78 is 10.8. The van der Waals surface area contributed by atoms with E-state index in [0.717, 1.165) is 44.6 Å². The molecule has 1 saturated heterocycles. The van der Waals surface area contributed by atoms with Gasteiger partial charge in [0.05, 0.1) is 32.9 Å². The molecule has 1 unspecified atom stereocenters. The van der Waals surface area contributed by atoms with Crippen molar-refractivity contribution in [3.05, 3.63) is 29.8 Å². The van der Waals surface area contributed by atoms with E-state index in [9.17, 15) is 4.79 Å². The summed E-state index contributed by atoms with van der Waals surface area (Å²) in [5.74, 6) is 1.65. The smallest absolute Gasteiger partial charge is 0.222 e. The zero-order valence-electron chi connectivity index (χ0n) is 19.1. The zero-order valence-corrected chi connectivity index (χ0v) is 21.5. The number of rotatable bonds is 10. The SMILES string of the molecule is CCNC(=NCC(c1ccc(OC)cc1)N1CCOCC1)NCCNC(=O)C(C)C.I. The van der Waals surface area contributed by atoms with E-state index in [0.29, 0.717) is 19.6 Å². The quantitative estimate of drug-likeness (QED) is 0.180. The summed E-state index contributed by atoms with van der Waals surface area (Å²) in [5.41, 5.74) is 1.21. The second kappa shape index (κ2) is 15.3. The number of nitrogens with zero attached hydrogens (tertiary/aromatic N) is 2. The molecule has 0 radical (unpaired) electrons. The lowest BCUT2D eigenvalue weighted by molar-refractivity contribution is -0.123. The lowest BCUT2D eigenvalue weighted by Crippen LogP contribution is -2.43. The van der Waals surface area contributed by atoms with Gasteiger partial charge in [0.2, 0.25) is 5.91 Å². The van der Waals surface area contributed by atoms with Crippen molar-refractivity contribution in [1.29, 1.82) is 0 Å². The minimum absolute atomic E-state index is 0. The highest BCUT2D eigenvalue weighted by Gasteiger charge is 2.22. The number of morpholine rings is 1. The van der Waals surface area contributed by atoms with Gasteiger partial charge in [-0.3, -0.25) is 14.7 Å². The fourth-order valence-electron chi connectivity index (χ4n) is 3.24. The fourth-order valence-corrected chi connectivity index (χ4v) is 3.24. The highest BCUT2D eigenvalue weighted by Crippen LogP contribution is 2.24. The molecule has 1 aromatic rings. The van der Waals surface area contributed by atoms with Gasteiger partial charge in [-0.25, -0.2) is 0 Å². The monoisotopic (exact) mass is 547 g/mol. The maximum atomic E-state index is 11.7. The molecule has 31 heavy (non-hydrogen) atoms. The number of aliphatic imine (C=N–C) groups is 1. The van der Waals surface area contributed by atoms with Crippen LogP contribution < -0.4 is 20.7 Å². The van der Waals surface area contributed by atoms with Crippen LogP contribution in [0.15, 0.2) is 29.3 Å². The van der Waals surface area contributed by atoms with Crippen LogP contribution in [0.2, 0.25) is 0 Å². The van der Waals surface area contributed by atoms with Gasteiger partial charge in [-0.05, 0) is 24.6 Å². The molecule has 8 nitrogen and oxygen atoms in total. The predicted molar refractivity (Wildman–Crippen MR) is 135 cm³/mol. The number of benzene rings is 1.